The molecule has 3 aromatic rings. The zero-order valence-electron chi connectivity index (χ0n) is 15.3. The van der Waals surface area contributed by atoms with Gasteiger partial charge in [-0.1, -0.05) is 46.9 Å². The quantitative estimate of drug-likeness (QED) is 0.337. The van der Waals surface area contributed by atoms with Crippen molar-refractivity contribution < 1.29 is 18.1 Å². The van der Waals surface area contributed by atoms with E-state index in [1.54, 1.807) is 6.07 Å². The lowest BCUT2D eigenvalue weighted by Crippen LogP contribution is -2.18. The molecule has 31 heavy (non-hydrogen) atoms. The van der Waals surface area contributed by atoms with Crippen LogP contribution in [0.4, 0.5) is 17.1 Å². The smallest absolute Gasteiger partial charge is 0.289 e. The van der Waals surface area contributed by atoms with Crippen LogP contribution < -0.4 is 10.0 Å². The minimum atomic E-state index is -4.26. The van der Waals surface area contributed by atoms with E-state index in [4.69, 9.17) is 34.8 Å². The summed E-state index contributed by atoms with van der Waals surface area (Å²) in [4.78, 5) is 22.6. The Morgan fingerprint density at radius 1 is 0.935 bits per heavy atom. The van der Waals surface area contributed by atoms with Gasteiger partial charge in [0.15, 0.2) is 0 Å². The monoisotopic (exact) mass is 499 g/mol. The number of carbonyl (C=O) groups is 1. The lowest BCUT2D eigenvalue weighted by molar-refractivity contribution is -0.384. The molecule has 0 heterocycles. The molecule has 0 aliphatic rings. The summed E-state index contributed by atoms with van der Waals surface area (Å²) in [6.07, 6.45) is 0. The highest BCUT2D eigenvalue weighted by Crippen LogP contribution is 2.29. The van der Waals surface area contributed by atoms with Crippen LogP contribution in [-0.2, 0) is 10.0 Å². The van der Waals surface area contributed by atoms with Gasteiger partial charge in [-0.25, -0.2) is 8.42 Å². The van der Waals surface area contributed by atoms with E-state index in [1.807, 2.05) is 0 Å². The van der Waals surface area contributed by atoms with Crippen LogP contribution >= 0.6 is 34.8 Å². The molecule has 0 aliphatic heterocycles. The molecular weight excluding hydrogens is 489 g/mol. The molecule has 0 radical (unpaired) electrons. The number of hydrogen-bond acceptors (Lipinski definition) is 5. The third kappa shape index (κ3) is 5.45. The van der Waals surface area contributed by atoms with Crippen molar-refractivity contribution >= 4 is 67.8 Å². The van der Waals surface area contributed by atoms with E-state index in [2.05, 4.69) is 10.0 Å². The van der Waals surface area contributed by atoms with Gasteiger partial charge >= 0.3 is 0 Å². The molecule has 3 rings (SSSR count). The number of halogens is 3. The zero-order chi connectivity index (χ0) is 22.8. The standard InChI is InChI=1S/C19H12Cl3N3O5S/c20-11-7-12(21)9-13(8-11)23-19(26)15-3-1-2-4-17(15)24-31(29,30)14-5-6-16(22)18(10-14)25(27)28/h1-10,24H,(H,23,26). The number of anilines is 2. The summed E-state index contributed by atoms with van der Waals surface area (Å²) in [7, 11) is -4.26. The summed E-state index contributed by atoms with van der Waals surface area (Å²) in [5.41, 5.74) is -0.279. The molecule has 0 spiro atoms. The number of sulfonamides is 1. The predicted molar refractivity (Wildman–Crippen MR) is 120 cm³/mol. The van der Waals surface area contributed by atoms with E-state index in [9.17, 15) is 23.3 Å². The van der Waals surface area contributed by atoms with Crippen LogP contribution in [0.3, 0.4) is 0 Å². The molecule has 0 aliphatic carbocycles. The number of hydrogen-bond donors (Lipinski definition) is 2. The summed E-state index contributed by atoms with van der Waals surface area (Å²) in [6.45, 7) is 0. The summed E-state index contributed by atoms with van der Waals surface area (Å²) < 4.78 is 27.8. The Labute approximate surface area is 191 Å². The van der Waals surface area contributed by atoms with E-state index in [0.717, 1.165) is 18.2 Å². The molecule has 1 amide bonds. The van der Waals surface area contributed by atoms with E-state index >= 15 is 0 Å². The van der Waals surface area contributed by atoms with E-state index in [1.165, 1.54) is 36.4 Å². The van der Waals surface area contributed by atoms with Crippen molar-refractivity contribution in [1.82, 2.24) is 0 Å². The van der Waals surface area contributed by atoms with Crippen LogP contribution in [0.1, 0.15) is 10.4 Å². The number of nitrogens with zero attached hydrogens (tertiary/aromatic N) is 1. The molecule has 0 bridgehead atoms. The van der Waals surface area contributed by atoms with Crippen LogP contribution in [0.15, 0.2) is 65.6 Å². The van der Waals surface area contributed by atoms with Gasteiger partial charge in [0.05, 0.1) is 21.1 Å². The van der Waals surface area contributed by atoms with E-state index < -0.39 is 26.5 Å². The van der Waals surface area contributed by atoms with Gasteiger partial charge in [0.1, 0.15) is 5.02 Å². The maximum Gasteiger partial charge on any atom is 0.289 e. The Morgan fingerprint density at radius 2 is 1.58 bits per heavy atom. The normalized spacial score (nSPS) is 11.1. The molecule has 0 saturated carbocycles. The molecule has 8 nitrogen and oxygen atoms in total. The van der Waals surface area contributed by atoms with Gasteiger partial charge in [0.25, 0.3) is 21.6 Å². The van der Waals surface area contributed by atoms with Gasteiger partial charge in [-0.15, -0.1) is 0 Å². The first-order valence-electron chi connectivity index (χ1n) is 8.40. The van der Waals surface area contributed by atoms with Gasteiger partial charge in [-0.2, -0.15) is 0 Å². The van der Waals surface area contributed by atoms with Gasteiger partial charge in [0.2, 0.25) is 0 Å². The van der Waals surface area contributed by atoms with E-state index in [-0.39, 0.29) is 21.2 Å². The molecule has 0 fully saturated rings. The first-order valence-corrected chi connectivity index (χ1v) is 11.0. The van der Waals surface area contributed by atoms with Crippen molar-refractivity contribution in [2.24, 2.45) is 0 Å². The molecule has 0 unspecified atom stereocenters. The van der Waals surface area contributed by atoms with Gasteiger partial charge < -0.3 is 5.32 Å². The van der Waals surface area contributed by atoms with Crippen LogP contribution in [0, 0.1) is 10.1 Å². The van der Waals surface area contributed by atoms with Crippen LogP contribution in [0.25, 0.3) is 0 Å². The Bertz CT molecular complexity index is 1280. The van der Waals surface area contributed by atoms with Crippen molar-refractivity contribution in [3.05, 3.63) is 91.4 Å². The summed E-state index contributed by atoms with van der Waals surface area (Å²) >= 11 is 17.6. The molecule has 2 N–H and O–H groups in total. The Hall–Kier alpha value is -2.85. The number of benzene rings is 3. The van der Waals surface area contributed by atoms with Gasteiger partial charge in [-0.3, -0.25) is 19.6 Å². The number of para-hydroxylation sites is 1. The average molecular weight is 501 g/mol. The fraction of sp³-hybridized carbons (Fsp3) is 0. The largest absolute Gasteiger partial charge is 0.322 e. The van der Waals surface area contributed by atoms with Crippen molar-refractivity contribution in [1.29, 1.82) is 0 Å². The molecular formula is C19H12Cl3N3O5S. The van der Waals surface area contributed by atoms with Crippen LogP contribution in [-0.4, -0.2) is 19.2 Å². The second-order valence-corrected chi connectivity index (χ2v) is 9.10. The van der Waals surface area contributed by atoms with Crippen molar-refractivity contribution in [2.75, 3.05) is 10.0 Å². The molecule has 0 aromatic heterocycles. The number of amides is 1. The minimum Gasteiger partial charge on any atom is -0.322 e. The van der Waals surface area contributed by atoms with Crippen LogP contribution in [0.2, 0.25) is 15.1 Å². The predicted octanol–water partition coefficient (Wildman–Crippen LogP) is 5.61. The first-order chi connectivity index (χ1) is 14.6. The lowest BCUT2D eigenvalue weighted by atomic mass is 10.1. The zero-order valence-corrected chi connectivity index (χ0v) is 18.4. The second kappa shape index (κ2) is 9.11. The topological polar surface area (TPSA) is 118 Å². The molecule has 12 heteroatoms. The molecule has 0 saturated heterocycles. The maximum absolute atomic E-state index is 12.8. The van der Waals surface area contributed by atoms with E-state index in [0.29, 0.717) is 15.7 Å². The maximum atomic E-state index is 12.8. The Balaban J connectivity index is 1.92. The number of nitro benzene ring substituents is 1. The molecule has 0 atom stereocenters. The van der Waals surface area contributed by atoms with Crippen molar-refractivity contribution in [2.45, 2.75) is 4.90 Å². The summed E-state index contributed by atoms with van der Waals surface area (Å²) in [5, 5.41) is 14.1. The molecule has 160 valence electrons. The summed E-state index contributed by atoms with van der Waals surface area (Å²) in [6, 6.07) is 13.4. The highest BCUT2D eigenvalue weighted by Gasteiger charge is 2.23. The third-order valence-electron chi connectivity index (χ3n) is 3.96. The Kier molecular flexibility index (Phi) is 6.71. The SMILES string of the molecule is O=C(Nc1cc(Cl)cc(Cl)c1)c1ccccc1NS(=O)(=O)c1ccc(Cl)c([N+](=O)[O-])c1. The second-order valence-electron chi connectivity index (χ2n) is 6.13. The van der Waals surface area contributed by atoms with Crippen molar-refractivity contribution in [3.63, 3.8) is 0 Å². The highest BCUT2D eigenvalue weighted by atomic mass is 35.5. The number of nitro groups is 1. The number of nitrogens with one attached hydrogen (secondary N) is 2. The number of rotatable bonds is 6. The van der Waals surface area contributed by atoms with Crippen LogP contribution in [0.5, 0.6) is 0 Å². The number of carbonyl (C=O) groups excluding carboxylic acids is 1. The molecule has 3 aromatic carbocycles. The van der Waals surface area contributed by atoms with Gasteiger partial charge in [-0.05, 0) is 42.5 Å². The third-order valence-corrected chi connectivity index (χ3v) is 6.08. The van der Waals surface area contributed by atoms with Crippen molar-refractivity contribution in [3.8, 4) is 0 Å². The first kappa shape index (κ1) is 22.8. The lowest BCUT2D eigenvalue weighted by Gasteiger charge is -2.13. The fourth-order valence-corrected chi connectivity index (χ4v) is 4.41. The average Bonchev–Trinajstić information content (AvgIpc) is 2.67. The Morgan fingerprint density at radius 3 is 2.23 bits per heavy atom. The fourth-order valence-electron chi connectivity index (χ4n) is 2.60. The highest BCUT2D eigenvalue weighted by molar-refractivity contribution is 7.92. The summed E-state index contributed by atoms with van der Waals surface area (Å²) in [5.74, 6) is -0.626. The minimum absolute atomic E-state index is 0.00522. The van der Waals surface area contributed by atoms with Gasteiger partial charge in [0, 0.05) is 21.8 Å².